The fourth-order valence-electron chi connectivity index (χ4n) is 4.03. The van der Waals surface area contributed by atoms with Crippen molar-refractivity contribution in [1.82, 2.24) is 9.79 Å². The van der Waals surface area contributed by atoms with Gasteiger partial charge in [-0.2, -0.15) is 4.31 Å². The van der Waals surface area contributed by atoms with Crippen LogP contribution in [0.25, 0.3) is 0 Å². The maximum absolute atomic E-state index is 12.9. The summed E-state index contributed by atoms with van der Waals surface area (Å²) in [6.07, 6.45) is 10.0. The van der Waals surface area contributed by atoms with Crippen molar-refractivity contribution in [3.8, 4) is 0 Å². The van der Waals surface area contributed by atoms with E-state index in [0.29, 0.717) is 25.4 Å². The minimum absolute atomic E-state index is 0.0643. The van der Waals surface area contributed by atoms with Crippen molar-refractivity contribution in [2.45, 2.75) is 32.6 Å². The van der Waals surface area contributed by atoms with Gasteiger partial charge in [0.2, 0.25) is 10.0 Å². The summed E-state index contributed by atoms with van der Waals surface area (Å²) in [4.78, 5) is 11.2. The summed E-state index contributed by atoms with van der Waals surface area (Å²) < 4.78 is 27.3. The molecule has 32 heavy (non-hydrogen) atoms. The third-order valence-corrected chi connectivity index (χ3v) is 7.77. The highest BCUT2D eigenvalue weighted by Crippen LogP contribution is 2.33. The van der Waals surface area contributed by atoms with Gasteiger partial charge in [0.25, 0.3) is 5.91 Å². The number of nitrogens with one attached hydrogen (secondary N) is 2. The number of fused-ring (bicyclic) bond motifs is 1. The molecule has 1 atom stereocenters. The second-order valence-corrected chi connectivity index (χ2v) is 10.3. The van der Waals surface area contributed by atoms with Crippen LogP contribution >= 0.6 is 0 Å². The predicted octanol–water partition coefficient (Wildman–Crippen LogP) is 3.50. The van der Waals surface area contributed by atoms with Gasteiger partial charge in [0, 0.05) is 37.3 Å². The van der Waals surface area contributed by atoms with Gasteiger partial charge in [-0.1, -0.05) is 36.4 Å². The zero-order valence-corrected chi connectivity index (χ0v) is 19.4. The molecule has 0 saturated carbocycles. The average molecular weight is 458 g/mol. The number of benzene rings is 1. The Morgan fingerprint density at radius 1 is 1.34 bits per heavy atom. The van der Waals surface area contributed by atoms with Crippen LogP contribution in [-0.4, -0.2) is 49.2 Å². The summed E-state index contributed by atoms with van der Waals surface area (Å²) in [6.45, 7) is 5.26. The van der Waals surface area contributed by atoms with Gasteiger partial charge in [-0.15, -0.1) is 0 Å². The first-order valence-corrected chi connectivity index (χ1v) is 12.4. The van der Waals surface area contributed by atoms with Crippen molar-refractivity contribution in [3.63, 3.8) is 0 Å². The topological polar surface area (TPSA) is 98.7 Å². The summed E-state index contributed by atoms with van der Waals surface area (Å²) in [6, 6.07) is 8.20. The van der Waals surface area contributed by atoms with Gasteiger partial charge in [0.1, 0.15) is 0 Å². The van der Waals surface area contributed by atoms with Crippen LogP contribution in [0, 0.1) is 0 Å². The molecule has 172 valence electrons. The number of hydrogen-bond donors (Lipinski definition) is 3. The minimum atomic E-state index is -3.36. The van der Waals surface area contributed by atoms with E-state index in [1.807, 2.05) is 37.3 Å². The predicted molar refractivity (Wildman–Crippen MR) is 127 cm³/mol. The van der Waals surface area contributed by atoms with Gasteiger partial charge in [0.05, 0.1) is 5.75 Å². The van der Waals surface area contributed by atoms with Crippen molar-refractivity contribution in [2.24, 2.45) is 0 Å². The monoisotopic (exact) mass is 457 g/mol. The summed E-state index contributed by atoms with van der Waals surface area (Å²) in [5.41, 5.74) is 6.76. The summed E-state index contributed by atoms with van der Waals surface area (Å²) >= 11 is 0. The molecule has 0 saturated heterocycles. The number of rotatable bonds is 9. The first kappa shape index (κ1) is 24.0. The van der Waals surface area contributed by atoms with Crippen molar-refractivity contribution in [1.29, 1.82) is 0 Å². The molecule has 3 N–H and O–H groups in total. The molecule has 1 unspecified atom stereocenters. The molecule has 0 fully saturated rings. The third-order valence-electron chi connectivity index (χ3n) is 5.94. The van der Waals surface area contributed by atoms with E-state index in [9.17, 15) is 13.2 Å². The van der Waals surface area contributed by atoms with Crippen LogP contribution < -0.4 is 10.8 Å². The lowest BCUT2D eigenvalue weighted by Crippen LogP contribution is -2.36. The molecule has 1 aromatic rings. The molecule has 1 aromatic carbocycles. The molecule has 8 heteroatoms. The van der Waals surface area contributed by atoms with Crippen LogP contribution in [0.2, 0.25) is 0 Å². The van der Waals surface area contributed by atoms with E-state index in [-0.39, 0.29) is 5.75 Å². The van der Waals surface area contributed by atoms with Crippen LogP contribution in [0.1, 0.15) is 38.2 Å². The number of hydrogen-bond acceptors (Lipinski definition) is 5. The van der Waals surface area contributed by atoms with Gasteiger partial charge >= 0.3 is 0 Å². The number of carbonyl (C=O) groups excluding carboxylic acids is 1. The van der Waals surface area contributed by atoms with Gasteiger partial charge in [-0.25, -0.2) is 13.9 Å². The molecule has 0 bridgehead atoms. The van der Waals surface area contributed by atoms with E-state index in [4.69, 9.17) is 5.21 Å². The highest BCUT2D eigenvalue weighted by Gasteiger charge is 2.26. The maximum atomic E-state index is 12.9. The van der Waals surface area contributed by atoms with E-state index >= 15 is 0 Å². The number of nitrogens with zero attached hydrogens (tertiary/aromatic N) is 1. The van der Waals surface area contributed by atoms with E-state index < -0.39 is 15.9 Å². The molecule has 1 aliphatic heterocycles. The Morgan fingerprint density at radius 3 is 2.88 bits per heavy atom. The fourth-order valence-corrected chi connectivity index (χ4v) is 5.13. The number of carbonyl (C=O) groups is 1. The zero-order valence-electron chi connectivity index (χ0n) is 18.5. The smallest absolute Gasteiger partial charge is 0.267 e. The van der Waals surface area contributed by atoms with Crippen molar-refractivity contribution in [2.75, 3.05) is 30.7 Å². The molecule has 2 aliphatic rings. The Bertz CT molecular complexity index is 1070. The van der Waals surface area contributed by atoms with Crippen LogP contribution in [0.4, 0.5) is 5.69 Å². The van der Waals surface area contributed by atoms with Crippen molar-refractivity contribution < 1.29 is 18.4 Å². The highest BCUT2D eigenvalue weighted by molar-refractivity contribution is 7.89. The third kappa shape index (κ3) is 5.97. The lowest BCUT2D eigenvalue weighted by molar-refractivity contribution is -0.124. The Hall–Kier alpha value is -2.68. The lowest BCUT2D eigenvalue weighted by atomic mass is 9.98. The van der Waals surface area contributed by atoms with Gasteiger partial charge in [-0.3, -0.25) is 10.0 Å². The maximum Gasteiger partial charge on any atom is 0.267 e. The van der Waals surface area contributed by atoms with Crippen molar-refractivity contribution >= 4 is 21.6 Å². The Labute approximate surface area is 190 Å². The summed E-state index contributed by atoms with van der Waals surface area (Å²) in [5, 5.41) is 12.0. The van der Waals surface area contributed by atoms with E-state index in [0.717, 1.165) is 35.4 Å². The normalized spacial score (nSPS) is 18.5. The van der Waals surface area contributed by atoms with Crippen LogP contribution in [-0.2, 0) is 14.8 Å². The van der Waals surface area contributed by atoms with Crippen LogP contribution in [0.3, 0.4) is 0 Å². The average Bonchev–Trinajstić information content (AvgIpc) is 3.12. The quantitative estimate of drug-likeness (QED) is 0.299. The molecule has 1 amide bonds. The Kier molecular flexibility index (Phi) is 8.06. The van der Waals surface area contributed by atoms with E-state index in [1.54, 1.807) is 22.8 Å². The largest absolute Gasteiger partial charge is 0.384 e. The Balaban J connectivity index is 1.76. The molecular weight excluding hydrogens is 426 g/mol. The number of amides is 1. The molecule has 0 radical (unpaired) electrons. The molecule has 1 heterocycles. The molecule has 0 aromatic heterocycles. The van der Waals surface area contributed by atoms with E-state index in [2.05, 4.69) is 17.4 Å². The number of sulfonamides is 1. The molecule has 7 nitrogen and oxygen atoms in total. The highest BCUT2D eigenvalue weighted by atomic mass is 32.2. The second-order valence-electron chi connectivity index (χ2n) is 8.03. The fraction of sp³-hybridized carbons (Fsp3) is 0.375. The van der Waals surface area contributed by atoms with E-state index in [1.165, 1.54) is 11.6 Å². The second kappa shape index (κ2) is 10.8. The van der Waals surface area contributed by atoms with Crippen LogP contribution in [0.5, 0.6) is 0 Å². The standard InChI is InChI=1S/C24H31N3O4S/c1-3-32(30,31)27(14-13-20-16-25-23-10-5-4-9-22(20)23)17-21-8-6-7-19(15-18(21)2)11-12-24(28)26-29/h4-7,9-12,15,20,25,29H,3,8,13-14,16-17H2,1-2H3,(H,26,28)/b12-11+. The summed E-state index contributed by atoms with van der Waals surface area (Å²) in [7, 11) is -3.36. The lowest BCUT2D eigenvalue weighted by Gasteiger charge is -2.25. The summed E-state index contributed by atoms with van der Waals surface area (Å²) in [5.74, 6) is -0.248. The first-order chi connectivity index (χ1) is 15.3. The number of hydroxylamine groups is 1. The molecule has 1 aliphatic carbocycles. The molecular formula is C24H31N3O4S. The SMILES string of the molecule is CCS(=O)(=O)N(CCC1CNc2ccccc21)CC1=C(C)C=C(/C=C/C(=O)NO)C=CC1. The minimum Gasteiger partial charge on any atom is -0.384 e. The first-order valence-electron chi connectivity index (χ1n) is 10.8. The number of allylic oxidation sites excluding steroid dienone is 6. The van der Waals surface area contributed by atoms with Crippen LogP contribution in [0.15, 0.2) is 71.4 Å². The van der Waals surface area contributed by atoms with Gasteiger partial charge in [0.15, 0.2) is 0 Å². The molecule has 0 spiro atoms. The number of anilines is 1. The van der Waals surface area contributed by atoms with Gasteiger partial charge < -0.3 is 5.32 Å². The Morgan fingerprint density at radius 2 is 2.12 bits per heavy atom. The van der Waals surface area contributed by atoms with Crippen molar-refractivity contribution in [3.05, 3.63) is 76.9 Å². The molecule has 3 rings (SSSR count). The number of para-hydroxylation sites is 1. The van der Waals surface area contributed by atoms with Gasteiger partial charge in [-0.05, 0) is 61.1 Å². The zero-order chi connectivity index (χ0) is 23.1.